The van der Waals surface area contributed by atoms with Crippen molar-refractivity contribution >= 4 is 11.8 Å². The van der Waals surface area contributed by atoms with E-state index in [1.165, 1.54) is 0 Å². The molecule has 0 aliphatic carbocycles. The zero-order valence-corrected chi connectivity index (χ0v) is 12.4. The van der Waals surface area contributed by atoms with Crippen molar-refractivity contribution < 1.29 is 14.3 Å². The van der Waals surface area contributed by atoms with Crippen molar-refractivity contribution in [3.05, 3.63) is 29.8 Å². The maximum Gasteiger partial charge on any atom is 0.232 e. The smallest absolute Gasteiger partial charge is 0.232 e. The number of rotatable bonds is 6. The number of nitrogens with one attached hydrogen (secondary N) is 1. The Kier molecular flexibility index (Phi) is 5.60. The van der Waals surface area contributed by atoms with Crippen molar-refractivity contribution in [1.82, 2.24) is 10.2 Å². The third kappa shape index (κ3) is 4.48. The van der Waals surface area contributed by atoms with Crippen molar-refractivity contribution in [3.8, 4) is 5.75 Å². The molecule has 0 spiro atoms. The van der Waals surface area contributed by atoms with Crippen LogP contribution in [0.25, 0.3) is 0 Å². The highest BCUT2D eigenvalue weighted by molar-refractivity contribution is 5.96. The summed E-state index contributed by atoms with van der Waals surface area (Å²) in [6.07, 6.45) is 2.72. The van der Waals surface area contributed by atoms with Gasteiger partial charge in [-0.3, -0.25) is 9.59 Å². The standard InChI is InChI=1S/C16H22N2O3/c1-21-14-7-3-2-6-13(14)8-9-17-15(19)12-16(20)18-10-4-5-11-18/h2-3,6-7H,4-5,8-12H2,1H3,(H,17,19). The van der Waals surface area contributed by atoms with Crippen LogP contribution in [0.5, 0.6) is 5.75 Å². The molecule has 1 N–H and O–H groups in total. The van der Waals surface area contributed by atoms with Crippen molar-refractivity contribution in [1.29, 1.82) is 0 Å². The van der Waals surface area contributed by atoms with Crippen LogP contribution in [0.1, 0.15) is 24.8 Å². The second kappa shape index (κ2) is 7.67. The first kappa shape index (κ1) is 15.4. The van der Waals surface area contributed by atoms with Gasteiger partial charge in [0.2, 0.25) is 11.8 Å². The van der Waals surface area contributed by atoms with E-state index in [1.54, 1.807) is 12.0 Å². The van der Waals surface area contributed by atoms with Crippen LogP contribution in [-0.4, -0.2) is 43.5 Å². The van der Waals surface area contributed by atoms with Crippen LogP contribution >= 0.6 is 0 Å². The second-order valence-electron chi connectivity index (χ2n) is 5.18. The molecule has 1 fully saturated rings. The molecule has 2 amide bonds. The van der Waals surface area contributed by atoms with Crippen LogP contribution in [0, 0.1) is 0 Å². The third-order valence-corrected chi connectivity index (χ3v) is 3.68. The summed E-state index contributed by atoms with van der Waals surface area (Å²) in [5.74, 6) is 0.545. The molecule has 21 heavy (non-hydrogen) atoms. The highest BCUT2D eigenvalue weighted by atomic mass is 16.5. The largest absolute Gasteiger partial charge is 0.496 e. The summed E-state index contributed by atoms with van der Waals surface area (Å²) in [4.78, 5) is 25.4. The fraction of sp³-hybridized carbons (Fsp3) is 0.500. The van der Waals surface area contributed by atoms with Gasteiger partial charge in [0.25, 0.3) is 0 Å². The Hall–Kier alpha value is -2.04. The highest BCUT2D eigenvalue weighted by Gasteiger charge is 2.20. The Balaban J connectivity index is 1.72. The molecule has 0 aromatic heterocycles. The van der Waals surface area contributed by atoms with Gasteiger partial charge in [-0.1, -0.05) is 18.2 Å². The maximum atomic E-state index is 11.8. The molecular weight excluding hydrogens is 268 g/mol. The minimum absolute atomic E-state index is 0.0497. The van der Waals surface area contributed by atoms with E-state index >= 15 is 0 Å². The summed E-state index contributed by atoms with van der Waals surface area (Å²) < 4.78 is 5.26. The summed E-state index contributed by atoms with van der Waals surface area (Å²) >= 11 is 0. The Morgan fingerprint density at radius 1 is 1.24 bits per heavy atom. The van der Waals surface area contributed by atoms with Gasteiger partial charge in [-0.2, -0.15) is 0 Å². The Labute approximate surface area is 125 Å². The van der Waals surface area contributed by atoms with Gasteiger partial charge in [0.15, 0.2) is 0 Å². The van der Waals surface area contributed by atoms with Crippen LogP contribution in [0.4, 0.5) is 0 Å². The molecule has 1 saturated heterocycles. The molecule has 0 radical (unpaired) electrons. The lowest BCUT2D eigenvalue weighted by Crippen LogP contribution is -2.34. The van der Waals surface area contributed by atoms with Gasteiger partial charge in [-0.25, -0.2) is 0 Å². The predicted octanol–water partition coefficient (Wildman–Crippen LogP) is 1.37. The zero-order valence-electron chi connectivity index (χ0n) is 12.4. The topological polar surface area (TPSA) is 58.6 Å². The summed E-state index contributed by atoms with van der Waals surface area (Å²) in [5, 5.41) is 2.79. The summed E-state index contributed by atoms with van der Waals surface area (Å²) in [6.45, 7) is 2.08. The van der Waals surface area contributed by atoms with Gasteiger partial charge in [-0.05, 0) is 30.9 Å². The van der Waals surface area contributed by atoms with E-state index in [-0.39, 0.29) is 18.2 Å². The average molecular weight is 290 g/mol. The minimum atomic E-state index is -0.207. The molecule has 0 unspecified atom stereocenters. The van der Waals surface area contributed by atoms with Crippen LogP contribution in [0.3, 0.4) is 0 Å². The van der Waals surface area contributed by atoms with E-state index in [4.69, 9.17) is 4.74 Å². The van der Waals surface area contributed by atoms with Crippen molar-refractivity contribution in [3.63, 3.8) is 0 Å². The predicted molar refractivity (Wildman–Crippen MR) is 80.1 cm³/mol. The summed E-state index contributed by atoms with van der Waals surface area (Å²) in [5.41, 5.74) is 1.05. The molecule has 1 aliphatic heterocycles. The van der Waals surface area contributed by atoms with Crippen molar-refractivity contribution in [2.75, 3.05) is 26.7 Å². The number of nitrogens with zero attached hydrogens (tertiary/aromatic N) is 1. The zero-order chi connectivity index (χ0) is 15.1. The van der Waals surface area contributed by atoms with Gasteiger partial charge in [0, 0.05) is 19.6 Å². The number of para-hydroxylation sites is 1. The first-order valence-corrected chi connectivity index (χ1v) is 7.37. The SMILES string of the molecule is COc1ccccc1CCNC(=O)CC(=O)N1CCCC1. The Morgan fingerprint density at radius 2 is 1.95 bits per heavy atom. The summed E-state index contributed by atoms with van der Waals surface area (Å²) in [6, 6.07) is 7.72. The van der Waals surface area contributed by atoms with E-state index in [1.807, 2.05) is 24.3 Å². The molecule has 1 aromatic carbocycles. The van der Waals surface area contributed by atoms with Gasteiger partial charge >= 0.3 is 0 Å². The normalized spacial score (nSPS) is 14.0. The number of hydrogen-bond acceptors (Lipinski definition) is 3. The van der Waals surface area contributed by atoms with Crippen LogP contribution in [-0.2, 0) is 16.0 Å². The monoisotopic (exact) mass is 290 g/mol. The summed E-state index contributed by atoms with van der Waals surface area (Å²) in [7, 11) is 1.63. The molecule has 5 nitrogen and oxygen atoms in total. The number of carbonyl (C=O) groups excluding carboxylic acids is 2. The molecule has 0 atom stereocenters. The van der Waals surface area contributed by atoms with Gasteiger partial charge in [0.05, 0.1) is 7.11 Å². The lowest BCUT2D eigenvalue weighted by Gasteiger charge is -2.15. The lowest BCUT2D eigenvalue weighted by atomic mass is 10.1. The minimum Gasteiger partial charge on any atom is -0.496 e. The molecule has 0 saturated carbocycles. The van der Waals surface area contributed by atoms with E-state index < -0.39 is 0 Å². The number of ether oxygens (including phenoxy) is 1. The fourth-order valence-electron chi connectivity index (χ4n) is 2.52. The molecule has 1 aromatic rings. The first-order valence-electron chi connectivity index (χ1n) is 7.37. The molecular formula is C16H22N2O3. The van der Waals surface area contributed by atoms with Crippen LogP contribution < -0.4 is 10.1 Å². The molecule has 1 heterocycles. The van der Waals surface area contributed by atoms with E-state index in [0.717, 1.165) is 37.2 Å². The quantitative estimate of drug-likeness (QED) is 0.805. The molecule has 114 valence electrons. The lowest BCUT2D eigenvalue weighted by molar-refractivity contribution is -0.135. The average Bonchev–Trinajstić information content (AvgIpc) is 3.02. The number of likely N-dealkylation sites (tertiary alicyclic amines) is 1. The fourth-order valence-corrected chi connectivity index (χ4v) is 2.52. The Morgan fingerprint density at radius 3 is 2.67 bits per heavy atom. The van der Waals surface area contributed by atoms with Crippen LogP contribution in [0.15, 0.2) is 24.3 Å². The maximum absolute atomic E-state index is 11.8. The van der Waals surface area contributed by atoms with Gasteiger partial charge in [-0.15, -0.1) is 0 Å². The van der Waals surface area contributed by atoms with Gasteiger partial charge < -0.3 is 15.0 Å². The van der Waals surface area contributed by atoms with Crippen molar-refractivity contribution in [2.45, 2.75) is 25.7 Å². The van der Waals surface area contributed by atoms with Gasteiger partial charge in [0.1, 0.15) is 12.2 Å². The van der Waals surface area contributed by atoms with E-state index in [0.29, 0.717) is 13.0 Å². The Bertz CT molecular complexity index is 496. The highest BCUT2D eigenvalue weighted by Crippen LogP contribution is 2.17. The second-order valence-corrected chi connectivity index (χ2v) is 5.18. The molecule has 1 aliphatic rings. The van der Waals surface area contributed by atoms with Crippen molar-refractivity contribution in [2.24, 2.45) is 0 Å². The van der Waals surface area contributed by atoms with E-state index in [2.05, 4.69) is 5.32 Å². The molecule has 2 rings (SSSR count). The van der Waals surface area contributed by atoms with Crippen LogP contribution in [0.2, 0.25) is 0 Å². The number of hydrogen-bond donors (Lipinski definition) is 1. The molecule has 0 bridgehead atoms. The first-order chi connectivity index (χ1) is 10.2. The number of carbonyl (C=O) groups is 2. The van der Waals surface area contributed by atoms with E-state index in [9.17, 15) is 9.59 Å². The number of methoxy groups -OCH3 is 1. The third-order valence-electron chi connectivity index (χ3n) is 3.68. The number of amides is 2. The molecule has 5 heteroatoms. The number of benzene rings is 1.